The monoisotopic (exact) mass is 291 g/mol. The first-order chi connectivity index (χ1) is 10.2. The molecule has 2 aliphatic heterocycles. The van der Waals surface area contributed by atoms with Gasteiger partial charge in [-0.15, -0.1) is 0 Å². The molecule has 0 aliphatic carbocycles. The van der Waals surface area contributed by atoms with E-state index in [0.717, 1.165) is 37.7 Å². The molecule has 1 amide bonds. The highest BCUT2D eigenvalue weighted by Gasteiger charge is 2.25. The molecule has 2 saturated heterocycles. The molecule has 1 unspecified atom stereocenters. The summed E-state index contributed by atoms with van der Waals surface area (Å²) in [6.45, 7) is 3.83. The Hall–Kier alpha value is -1.89. The maximum Gasteiger partial charge on any atom is 0.241 e. The number of carbonyl (C=O) groups excluding carboxylic acids is 1. The molecule has 1 N–H and O–H groups in total. The van der Waals surface area contributed by atoms with Gasteiger partial charge in [0.05, 0.1) is 6.54 Å². The van der Waals surface area contributed by atoms with Crippen LogP contribution in [0.5, 0.6) is 0 Å². The molecule has 1 aromatic heterocycles. The van der Waals surface area contributed by atoms with E-state index in [9.17, 15) is 9.90 Å². The molecular weight excluding hydrogens is 270 g/mol. The number of carbonyl (C=O) groups is 1. The quantitative estimate of drug-likeness (QED) is 0.815. The van der Waals surface area contributed by atoms with Crippen LogP contribution >= 0.6 is 0 Å². The first-order valence-corrected chi connectivity index (χ1v) is 7.34. The van der Waals surface area contributed by atoms with Gasteiger partial charge < -0.3 is 19.8 Å². The lowest BCUT2D eigenvalue weighted by Gasteiger charge is -2.33. The highest BCUT2D eigenvalue weighted by Crippen LogP contribution is 2.24. The zero-order chi connectivity index (χ0) is 14.8. The number of aromatic nitrogens is 2. The summed E-state index contributed by atoms with van der Waals surface area (Å²) in [4.78, 5) is 26.3. The van der Waals surface area contributed by atoms with Crippen LogP contribution in [0, 0.1) is 5.92 Å². The fourth-order valence-corrected chi connectivity index (χ4v) is 2.83. The summed E-state index contributed by atoms with van der Waals surface area (Å²) in [5.74, 6) is 2.12. The topological polar surface area (TPSA) is 72.8 Å². The van der Waals surface area contributed by atoms with E-state index in [1.54, 1.807) is 11.2 Å². The molecule has 0 bridgehead atoms. The predicted molar refractivity (Wildman–Crippen MR) is 79.3 cm³/mol. The number of anilines is 2. The van der Waals surface area contributed by atoms with Crippen LogP contribution in [0.2, 0.25) is 0 Å². The van der Waals surface area contributed by atoms with Gasteiger partial charge in [0, 0.05) is 51.8 Å². The van der Waals surface area contributed by atoms with E-state index < -0.39 is 0 Å². The smallest absolute Gasteiger partial charge is 0.241 e. The van der Waals surface area contributed by atoms with Crippen molar-refractivity contribution in [1.82, 2.24) is 14.9 Å². The van der Waals surface area contributed by atoms with E-state index in [0.29, 0.717) is 19.0 Å². The van der Waals surface area contributed by atoms with Crippen molar-refractivity contribution in [3.8, 4) is 0 Å². The molecule has 2 fully saturated rings. The van der Waals surface area contributed by atoms with Crippen molar-refractivity contribution in [3.05, 3.63) is 12.4 Å². The Balaban J connectivity index is 1.73. The molecular formula is C14H21N5O2. The van der Waals surface area contributed by atoms with Crippen LogP contribution in [0.25, 0.3) is 0 Å². The van der Waals surface area contributed by atoms with E-state index in [1.807, 2.05) is 18.0 Å². The maximum atomic E-state index is 11.8. The molecule has 0 aromatic carbocycles. The van der Waals surface area contributed by atoms with Gasteiger partial charge in [-0.3, -0.25) is 4.79 Å². The van der Waals surface area contributed by atoms with E-state index >= 15 is 0 Å². The molecule has 3 rings (SSSR count). The number of rotatable bonds is 3. The summed E-state index contributed by atoms with van der Waals surface area (Å²) in [6.07, 6.45) is 2.54. The van der Waals surface area contributed by atoms with Gasteiger partial charge in [0.15, 0.2) is 0 Å². The molecule has 3 heterocycles. The molecule has 2 aliphatic rings. The third kappa shape index (κ3) is 2.92. The zero-order valence-corrected chi connectivity index (χ0v) is 12.3. The summed E-state index contributed by atoms with van der Waals surface area (Å²) in [6, 6.07) is 1.94. The van der Waals surface area contributed by atoms with Crippen molar-refractivity contribution in [3.63, 3.8) is 0 Å². The SMILES string of the molecule is CN1CCN(c2cc(N3CCC(CO)C3)ncn2)CC1=O. The standard InChI is InChI=1S/C14H21N5O2/c1-17-4-5-19(8-14(17)21)13-6-12(15-10-16-13)18-3-2-11(7-18)9-20/h6,10-11,20H,2-5,7-9H2,1H3. The number of nitrogens with zero attached hydrogens (tertiary/aromatic N) is 5. The second kappa shape index (κ2) is 5.85. The fourth-order valence-electron chi connectivity index (χ4n) is 2.83. The van der Waals surface area contributed by atoms with Gasteiger partial charge in [0.25, 0.3) is 0 Å². The first kappa shape index (κ1) is 14.1. The number of hydrogen-bond acceptors (Lipinski definition) is 6. The third-order valence-electron chi connectivity index (χ3n) is 4.29. The van der Waals surface area contributed by atoms with Gasteiger partial charge in [-0.05, 0) is 6.42 Å². The molecule has 1 aromatic rings. The van der Waals surface area contributed by atoms with Crippen molar-refractivity contribution in [1.29, 1.82) is 0 Å². The van der Waals surface area contributed by atoms with Gasteiger partial charge in [-0.1, -0.05) is 0 Å². The van der Waals surface area contributed by atoms with Gasteiger partial charge in [-0.25, -0.2) is 9.97 Å². The normalized spacial score (nSPS) is 23.0. The first-order valence-electron chi connectivity index (χ1n) is 7.34. The van der Waals surface area contributed by atoms with Crippen LogP contribution in [0.1, 0.15) is 6.42 Å². The van der Waals surface area contributed by atoms with Crippen LogP contribution in [0.4, 0.5) is 11.6 Å². The summed E-state index contributed by atoms with van der Waals surface area (Å²) in [5.41, 5.74) is 0. The molecule has 7 nitrogen and oxygen atoms in total. The lowest BCUT2D eigenvalue weighted by molar-refractivity contribution is -0.129. The van der Waals surface area contributed by atoms with Gasteiger partial charge >= 0.3 is 0 Å². The number of aliphatic hydroxyl groups excluding tert-OH is 1. The second-order valence-electron chi connectivity index (χ2n) is 5.75. The molecule has 0 radical (unpaired) electrons. The van der Waals surface area contributed by atoms with Crippen LogP contribution < -0.4 is 9.80 Å². The van der Waals surface area contributed by atoms with Crippen LogP contribution in [0.15, 0.2) is 12.4 Å². The minimum atomic E-state index is 0.114. The minimum Gasteiger partial charge on any atom is -0.396 e. The fraction of sp³-hybridized carbons (Fsp3) is 0.643. The van der Waals surface area contributed by atoms with Crippen LogP contribution in [-0.2, 0) is 4.79 Å². The number of aliphatic hydroxyl groups is 1. The Bertz CT molecular complexity index is 524. The van der Waals surface area contributed by atoms with E-state index in [1.165, 1.54) is 0 Å². The van der Waals surface area contributed by atoms with Crippen molar-refractivity contribution in [2.24, 2.45) is 5.92 Å². The van der Waals surface area contributed by atoms with Crippen molar-refractivity contribution < 1.29 is 9.90 Å². The average molecular weight is 291 g/mol. The maximum absolute atomic E-state index is 11.8. The molecule has 0 spiro atoms. The summed E-state index contributed by atoms with van der Waals surface area (Å²) < 4.78 is 0. The van der Waals surface area contributed by atoms with E-state index in [4.69, 9.17) is 0 Å². The summed E-state index contributed by atoms with van der Waals surface area (Å²) >= 11 is 0. The Morgan fingerprint density at radius 2 is 2.00 bits per heavy atom. The number of amides is 1. The molecule has 1 atom stereocenters. The summed E-state index contributed by atoms with van der Waals surface area (Å²) in [5, 5.41) is 9.23. The van der Waals surface area contributed by atoms with Crippen molar-refractivity contribution >= 4 is 17.5 Å². The Morgan fingerprint density at radius 1 is 1.24 bits per heavy atom. The van der Waals surface area contributed by atoms with Crippen molar-refractivity contribution in [2.45, 2.75) is 6.42 Å². The second-order valence-corrected chi connectivity index (χ2v) is 5.75. The Morgan fingerprint density at radius 3 is 2.67 bits per heavy atom. The zero-order valence-electron chi connectivity index (χ0n) is 12.3. The predicted octanol–water partition coefficient (Wildman–Crippen LogP) is -0.426. The van der Waals surface area contributed by atoms with Crippen molar-refractivity contribution in [2.75, 3.05) is 56.2 Å². The summed E-state index contributed by atoms with van der Waals surface area (Å²) in [7, 11) is 1.82. The average Bonchev–Trinajstić information content (AvgIpc) is 2.99. The molecule has 0 saturated carbocycles. The van der Waals surface area contributed by atoms with Crippen LogP contribution in [0.3, 0.4) is 0 Å². The molecule has 21 heavy (non-hydrogen) atoms. The minimum absolute atomic E-state index is 0.114. The third-order valence-corrected chi connectivity index (χ3v) is 4.29. The number of hydrogen-bond donors (Lipinski definition) is 1. The lowest BCUT2D eigenvalue weighted by Crippen LogP contribution is -2.48. The molecule has 7 heteroatoms. The molecule has 114 valence electrons. The van der Waals surface area contributed by atoms with E-state index in [2.05, 4.69) is 14.9 Å². The van der Waals surface area contributed by atoms with Crippen LogP contribution in [-0.4, -0.2) is 72.3 Å². The van der Waals surface area contributed by atoms with Gasteiger partial charge in [0.2, 0.25) is 5.91 Å². The Labute approximate surface area is 124 Å². The largest absolute Gasteiger partial charge is 0.396 e. The number of piperazine rings is 1. The van der Waals surface area contributed by atoms with Gasteiger partial charge in [0.1, 0.15) is 18.0 Å². The number of likely N-dealkylation sites (N-methyl/N-ethyl adjacent to an activating group) is 1. The lowest BCUT2D eigenvalue weighted by atomic mass is 10.1. The van der Waals surface area contributed by atoms with E-state index in [-0.39, 0.29) is 12.5 Å². The highest BCUT2D eigenvalue weighted by atomic mass is 16.3. The Kier molecular flexibility index (Phi) is 3.92. The highest BCUT2D eigenvalue weighted by molar-refractivity contribution is 5.82. The van der Waals surface area contributed by atoms with Gasteiger partial charge in [-0.2, -0.15) is 0 Å².